The summed E-state index contributed by atoms with van der Waals surface area (Å²) in [7, 11) is 0. The van der Waals surface area contributed by atoms with Crippen LogP contribution in [-0.2, 0) is 14.3 Å². The van der Waals surface area contributed by atoms with Crippen molar-refractivity contribution in [3.63, 3.8) is 0 Å². The van der Waals surface area contributed by atoms with E-state index in [9.17, 15) is 9.90 Å². The maximum absolute atomic E-state index is 15.5. The molecule has 50 heavy (non-hydrogen) atoms. The number of carboxylic acids is 1. The number of aryl methyl sites for hydroxylation is 1. The summed E-state index contributed by atoms with van der Waals surface area (Å²) in [5.74, 6) is -1.65. The number of hydrogen-bond acceptors (Lipinski definition) is 7. The van der Waals surface area contributed by atoms with Crippen LogP contribution in [0, 0.1) is 18.6 Å². The maximum Gasteiger partial charge on any atom is 0.337 e. The number of carboxylic acid groups (broad SMARTS) is 1. The van der Waals surface area contributed by atoms with E-state index in [-0.39, 0.29) is 28.6 Å². The number of halogens is 2. The van der Waals surface area contributed by atoms with Crippen LogP contribution in [0.25, 0.3) is 28.0 Å². The number of aromatic nitrogens is 3. The highest BCUT2D eigenvalue weighted by atomic mass is 19.1. The molecule has 1 aliphatic heterocycles. The van der Waals surface area contributed by atoms with Gasteiger partial charge in [-0.15, -0.1) is 13.2 Å². The molecule has 0 saturated carbocycles. The minimum absolute atomic E-state index is 0.00198. The van der Waals surface area contributed by atoms with Crippen molar-refractivity contribution in [2.75, 3.05) is 24.6 Å². The van der Waals surface area contributed by atoms with Crippen LogP contribution >= 0.6 is 0 Å². The van der Waals surface area contributed by atoms with Gasteiger partial charge in [-0.1, -0.05) is 18.2 Å². The highest BCUT2D eigenvalue weighted by Gasteiger charge is 2.38. The van der Waals surface area contributed by atoms with E-state index >= 15 is 8.78 Å². The summed E-state index contributed by atoms with van der Waals surface area (Å²) < 4.78 is 50.8. The van der Waals surface area contributed by atoms with Gasteiger partial charge in [-0.2, -0.15) is 9.61 Å². The first-order valence-corrected chi connectivity index (χ1v) is 16.8. The Balaban J connectivity index is 1.66. The number of anilines is 1. The van der Waals surface area contributed by atoms with Crippen LogP contribution in [0.1, 0.15) is 71.2 Å². The average molecular weight is 689 g/mol. The van der Waals surface area contributed by atoms with E-state index in [1.54, 1.807) is 68.6 Å². The van der Waals surface area contributed by atoms with Crippen molar-refractivity contribution in [2.24, 2.45) is 0 Å². The maximum atomic E-state index is 15.5. The van der Waals surface area contributed by atoms with Crippen molar-refractivity contribution in [1.82, 2.24) is 14.6 Å². The quantitative estimate of drug-likeness (QED) is 0.140. The molecule has 2 atom stereocenters. The lowest BCUT2D eigenvalue weighted by atomic mass is 9.92. The van der Waals surface area contributed by atoms with Crippen molar-refractivity contribution in [3.05, 3.63) is 90.7 Å². The molecule has 0 aliphatic carbocycles. The lowest BCUT2D eigenvalue weighted by Gasteiger charge is -2.41. The molecule has 0 bridgehead atoms. The first-order chi connectivity index (χ1) is 23.6. The molecule has 266 valence electrons. The van der Waals surface area contributed by atoms with E-state index in [4.69, 9.17) is 24.3 Å². The molecule has 1 unspecified atom stereocenters. The molecule has 5 rings (SSSR count). The first-order valence-electron chi connectivity index (χ1n) is 16.8. The van der Waals surface area contributed by atoms with Crippen LogP contribution in [0.2, 0.25) is 0 Å². The van der Waals surface area contributed by atoms with Crippen molar-refractivity contribution in [1.29, 1.82) is 0 Å². The first kappa shape index (κ1) is 36.7. The monoisotopic (exact) mass is 688 g/mol. The Morgan fingerprint density at radius 3 is 2.46 bits per heavy atom. The van der Waals surface area contributed by atoms with E-state index in [1.807, 2.05) is 6.92 Å². The molecule has 1 N–H and O–H groups in total. The van der Waals surface area contributed by atoms with Gasteiger partial charge in [0.25, 0.3) is 0 Å². The Bertz CT molecular complexity index is 1890. The Morgan fingerprint density at radius 2 is 1.82 bits per heavy atom. The van der Waals surface area contributed by atoms with Crippen molar-refractivity contribution >= 4 is 17.4 Å². The molecule has 4 aromatic rings. The number of carbonyl (C=O) groups is 1. The lowest BCUT2D eigenvalue weighted by Crippen LogP contribution is -2.45. The zero-order chi connectivity index (χ0) is 36.4. The van der Waals surface area contributed by atoms with E-state index in [0.29, 0.717) is 72.9 Å². The van der Waals surface area contributed by atoms with Gasteiger partial charge in [0.1, 0.15) is 23.2 Å². The molecule has 3 heterocycles. The lowest BCUT2D eigenvalue weighted by molar-refractivity contribution is -0.160. The van der Waals surface area contributed by atoms with E-state index < -0.39 is 29.3 Å². The predicted octanol–water partition coefficient (Wildman–Crippen LogP) is 8.50. The second-order valence-corrected chi connectivity index (χ2v) is 14.0. The molecular formula is C39H46F2N4O5. The summed E-state index contributed by atoms with van der Waals surface area (Å²) in [6.07, 6.45) is 3.67. The minimum atomic E-state index is -1.33. The van der Waals surface area contributed by atoms with E-state index in [0.717, 1.165) is 0 Å². The summed E-state index contributed by atoms with van der Waals surface area (Å²) >= 11 is 0. The Labute approximate surface area is 292 Å². The molecule has 1 saturated heterocycles. The fraction of sp³-hybridized carbons (Fsp3) is 0.410. The topological polar surface area (TPSA) is 98.4 Å². The molecule has 11 heteroatoms. The van der Waals surface area contributed by atoms with Gasteiger partial charge in [0.2, 0.25) is 0 Å². The number of rotatable bonds is 13. The second kappa shape index (κ2) is 14.7. The third-order valence-corrected chi connectivity index (χ3v) is 8.77. The van der Waals surface area contributed by atoms with Crippen molar-refractivity contribution in [2.45, 2.75) is 84.2 Å². The average Bonchev–Trinajstić information content (AvgIpc) is 3.46. The molecular weight excluding hydrogens is 642 g/mol. The Morgan fingerprint density at radius 1 is 1.10 bits per heavy atom. The molecule has 2 aromatic carbocycles. The molecule has 1 aliphatic rings. The third-order valence-electron chi connectivity index (χ3n) is 8.77. The summed E-state index contributed by atoms with van der Waals surface area (Å²) in [6, 6.07) is 10.5. The van der Waals surface area contributed by atoms with Crippen LogP contribution in [0.15, 0.2) is 67.8 Å². The molecule has 2 aromatic heterocycles. The highest BCUT2D eigenvalue weighted by Crippen LogP contribution is 2.40. The molecule has 0 spiro atoms. The van der Waals surface area contributed by atoms with Gasteiger partial charge >= 0.3 is 5.97 Å². The van der Waals surface area contributed by atoms with Gasteiger partial charge in [-0.3, -0.25) is 0 Å². The largest absolute Gasteiger partial charge is 0.490 e. The predicted molar refractivity (Wildman–Crippen MR) is 191 cm³/mol. The van der Waals surface area contributed by atoms with Crippen LogP contribution in [0.3, 0.4) is 0 Å². The van der Waals surface area contributed by atoms with Gasteiger partial charge < -0.3 is 24.2 Å². The van der Waals surface area contributed by atoms with Gasteiger partial charge in [0.05, 0.1) is 40.7 Å². The number of ether oxygens (including phenoxy) is 3. The number of nitrogens with zero attached hydrogens (tertiary/aromatic N) is 4. The smallest absolute Gasteiger partial charge is 0.337 e. The van der Waals surface area contributed by atoms with Crippen LogP contribution in [0.4, 0.5) is 14.6 Å². The fourth-order valence-electron chi connectivity index (χ4n) is 6.29. The number of aliphatic carboxylic acids is 1. The zero-order valence-electron chi connectivity index (χ0n) is 29.6. The molecule has 0 radical (unpaired) electrons. The highest BCUT2D eigenvalue weighted by molar-refractivity contribution is 5.80. The molecule has 0 amide bonds. The van der Waals surface area contributed by atoms with Crippen molar-refractivity contribution in [3.8, 4) is 28.1 Å². The van der Waals surface area contributed by atoms with Crippen LogP contribution in [-0.4, -0.2) is 62.7 Å². The van der Waals surface area contributed by atoms with E-state index in [1.165, 1.54) is 18.2 Å². The van der Waals surface area contributed by atoms with Crippen LogP contribution < -0.4 is 9.64 Å². The summed E-state index contributed by atoms with van der Waals surface area (Å²) in [4.78, 5) is 19.7. The fourth-order valence-corrected chi connectivity index (χ4v) is 6.29. The Kier molecular flexibility index (Phi) is 10.8. The SMILES string of the molecule is C=CCOC1(C)CCN(c2c(C(OC(C)(C)C)C(=O)O)c(C)nc3cc(-c4ccc(F)c(-c5c(F)cccc5O[C@@H](C)CC=C)c4)nn23)CC1. The molecule has 1 fully saturated rings. The zero-order valence-corrected chi connectivity index (χ0v) is 29.6. The third kappa shape index (κ3) is 7.89. The van der Waals surface area contributed by atoms with E-state index in [2.05, 4.69) is 25.0 Å². The summed E-state index contributed by atoms with van der Waals surface area (Å²) in [5.41, 5.74) is 1.15. The van der Waals surface area contributed by atoms with Gasteiger partial charge in [-0.25, -0.2) is 18.6 Å². The number of fused-ring (bicyclic) bond motifs is 1. The van der Waals surface area contributed by atoms with Crippen molar-refractivity contribution < 1.29 is 32.9 Å². The van der Waals surface area contributed by atoms with Gasteiger partial charge in [0, 0.05) is 42.4 Å². The van der Waals surface area contributed by atoms with Gasteiger partial charge in [0.15, 0.2) is 11.8 Å². The standard InChI is InChI=1S/C39H46F2N4O5/c1-9-12-24(3)49-31-14-11-13-29(41)34(31)27-22-26(15-16-28(27)40)30-23-32-42-25(4)33(35(37(46)47)50-38(5,6)7)36(45(32)43-30)44-19-17-39(8,18-20-44)48-21-10-2/h9-11,13-16,22-24,35H,1-2,12,17-21H2,3-8H3,(H,46,47)/t24-,35?/m0/s1. The second-order valence-electron chi connectivity index (χ2n) is 14.0. The molecule has 9 nitrogen and oxygen atoms in total. The van der Waals surface area contributed by atoms with Gasteiger partial charge in [-0.05, 0) is 84.7 Å². The minimum Gasteiger partial charge on any atom is -0.490 e. The summed E-state index contributed by atoms with van der Waals surface area (Å²) in [5, 5.41) is 15.4. The summed E-state index contributed by atoms with van der Waals surface area (Å²) in [6.45, 7) is 20.1. The Hall–Kier alpha value is -4.61. The van der Waals surface area contributed by atoms with Crippen LogP contribution in [0.5, 0.6) is 5.75 Å². The number of hydrogen-bond donors (Lipinski definition) is 1. The number of benzene rings is 2. The number of piperidine rings is 1. The normalized spacial score (nSPS) is 15.9.